The molecule has 3 aromatic rings. The van der Waals surface area contributed by atoms with E-state index < -0.39 is 40.9 Å². The zero-order chi connectivity index (χ0) is 30.2. The van der Waals surface area contributed by atoms with E-state index in [4.69, 9.17) is 4.74 Å². The van der Waals surface area contributed by atoms with Gasteiger partial charge in [-0.3, -0.25) is 29.9 Å². The smallest absolute Gasteiger partial charge is 0.352 e. The number of carboxylic acid groups (broad SMARTS) is 1. The molecule has 2 N–H and O–H groups in total. The van der Waals surface area contributed by atoms with E-state index in [9.17, 15) is 34.9 Å². The number of non-ortho nitro benzene ring substituents is 2. The predicted octanol–water partition coefficient (Wildman–Crippen LogP) is 2.72. The summed E-state index contributed by atoms with van der Waals surface area (Å²) in [5.74, 6) is -1.20. The molecule has 18 heteroatoms. The SMILES string of the molecule is CO[C@@]1(N[PH+](c2ccc([N+](=O)[O-])cc2)c2ccc([N+](=O)[O-])cc2)C(=O)N2C(C(=O)O)=C(CSc3nnc(C)s3)CS[C@H]21. The first-order valence-corrected chi connectivity index (χ1v) is 16.4. The Labute approximate surface area is 251 Å². The third-order valence-corrected chi connectivity index (χ3v) is 12.4. The van der Waals surface area contributed by atoms with E-state index in [0.717, 1.165) is 5.01 Å². The molecular weight excluding hydrogens is 627 g/mol. The molecule has 5 rings (SSSR count). The number of carbonyl (C=O) groups is 2. The molecule has 2 aliphatic heterocycles. The maximum atomic E-state index is 13.8. The number of aliphatic carboxylic acids is 1. The Morgan fingerprint density at radius 3 is 2.17 bits per heavy atom. The van der Waals surface area contributed by atoms with Gasteiger partial charge in [0.1, 0.15) is 34.8 Å². The number of carbonyl (C=O) groups excluding carboxylic acids is 1. The second-order valence-corrected chi connectivity index (χ2v) is 14.6. The van der Waals surface area contributed by atoms with Crippen molar-refractivity contribution < 1.29 is 29.3 Å². The Bertz CT molecular complexity index is 1540. The highest BCUT2D eigenvalue weighted by Gasteiger charge is 2.68. The van der Waals surface area contributed by atoms with Crippen LogP contribution in [0.25, 0.3) is 0 Å². The molecule has 1 aromatic heterocycles. The van der Waals surface area contributed by atoms with Crippen LogP contribution in [0.5, 0.6) is 0 Å². The van der Waals surface area contributed by atoms with Gasteiger partial charge in [0, 0.05) is 42.9 Å². The summed E-state index contributed by atoms with van der Waals surface area (Å²) in [7, 11) is -0.803. The Morgan fingerprint density at radius 2 is 1.71 bits per heavy atom. The molecule has 42 heavy (non-hydrogen) atoms. The number of methoxy groups -OCH3 is 1. The van der Waals surface area contributed by atoms with Crippen LogP contribution in [0.1, 0.15) is 5.01 Å². The number of amides is 1. The largest absolute Gasteiger partial charge is 0.477 e. The van der Waals surface area contributed by atoms with Gasteiger partial charge in [0.25, 0.3) is 23.0 Å². The quantitative estimate of drug-likeness (QED) is 0.0771. The monoisotopic (exact) mass is 649 g/mol. The van der Waals surface area contributed by atoms with Crippen LogP contribution in [0, 0.1) is 27.2 Å². The summed E-state index contributed by atoms with van der Waals surface area (Å²) in [5.41, 5.74) is -1.39. The number of rotatable bonds is 11. The molecule has 0 spiro atoms. The van der Waals surface area contributed by atoms with Crippen LogP contribution in [0.3, 0.4) is 0 Å². The first kappa shape index (κ1) is 30.0. The van der Waals surface area contributed by atoms with E-state index in [-0.39, 0.29) is 17.1 Å². The lowest BCUT2D eigenvalue weighted by atomic mass is 10.00. The minimum absolute atomic E-state index is 0.105. The maximum Gasteiger partial charge on any atom is 0.352 e. The van der Waals surface area contributed by atoms with Crippen molar-refractivity contribution in [1.82, 2.24) is 20.2 Å². The van der Waals surface area contributed by atoms with Crippen LogP contribution in [0.15, 0.2) is 64.1 Å². The lowest BCUT2D eigenvalue weighted by Gasteiger charge is -2.55. The number of nitro groups is 2. The zero-order valence-electron chi connectivity index (χ0n) is 21.9. The molecule has 2 aliphatic rings. The molecular formula is C24H22N6O8PS3+. The van der Waals surface area contributed by atoms with Crippen molar-refractivity contribution in [2.45, 2.75) is 22.4 Å². The molecule has 218 valence electrons. The number of β-lactam (4-membered cyclic amide) rings is 1. The summed E-state index contributed by atoms with van der Waals surface area (Å²) in [6.07, 6.45) is 0. The van der Waals surface area contributed by atoms with E-state index in [1.165, 1.54) is 71.1 Å². The summed E-state index contributed by atoms with van der Waals surface area (Å²) >= 11 is 4.10. The van der Waals surface area contributed by atoms with Gasteiger partial charge < -0.3 is 9.84 Å². The minimum Gasteiger partial charge on any atom is -0.477 e. The van der Waals surface area contributed by atoms with Gasteiger partial charge in [-0.2, -0.15) is 0 Å². The van der Waals surface area contributed by atoms with Crippen molar-refractivity contribution in [2.75, 3.05) is 18.6 Å². The molecule has 1 saturated heterocycles. The minimum atomic E-state index is -2.15. The first-order valence-electron chi connectivity index (χ1n) is 12.1. The van der Waals surface area contributed by atoms with Crippen molar-refractivity contribution in [3.05, 3.63) is 85.0 Å². The molecule has 2 aromatic carbocycles. The van der Waals surface area contributed by atoms with Crippen molar-refractivity contribution in [3.63, 3.8) is 0 Å². The summed E-state index contributed by atoms with van der Waals surface area (Å²) in [5, 5.41) is 45.2. The van der Waals surface area contributed by atoms with Crippen LogP contribution in [0.4, 0.5) is 11.4 Å². The normalized spacial score (nSPS) is 19.9. The van der Waals surface area contributed by atoms with E-state index >= 15 is 0 Å². The van der Waals surface area contributed by atoms with Crippen LogP contribution < -0.4 is 15.7 Å². The van der Waals surface area contributed by atoms with E-state index in [0.29, 0.717) is 32.0 Å². The number of carboxylic acids is 1. The number of thioether (sulfide) groups is 2. The third-order valence-electron chi connectivity index (χ3n) is 6.56. The van der Waals surface area contributed by atoms with Crippen molar-refractivity contribution in [2.24, 2.45) is 0 Å². The van der Waals surface area contributed by atoms with Gasteiger partial charge in [-0.25, -0.2) is 4.79 Å². The van der Waals surface area contributed by atoms with Gasteiger partial charge in [0.05, 0.1) is 9.85 Å². The average molecular weight is 650 g/mol. The molecule has 0 unspecified atom stereocenters. The number of nitro benzene ring substituents is 2. The number of nitrogens with zero attached hydrogens (tertiary/aromatic N) is 5. The van der Waals surface area contributed by atoms with E-state index in [1.807, 2.05) is 6.92 Å². The van der Waals surface area contributed by atoms with Gasteiger partial charge in [-0.15, -0.1) is 27.0 Å². The number of hydrogen-bond acceptors (Lipinski definition) is 13. The van der Waals surface area contributed by atoms with Gasteiger partial charge in [0.15, 0.2) is 4.34 Å². The standard InChI is InChI=1S/C24H21N6O8PS3/c1-13-25-26-23(42-13)41-12-14-11-40-22-24(38-2,21(33)28(22)19(14)20(31)32)27-39(17-7-3-15(4-8-17)29(34)35)18-9-5-16(6-10-18)30(36)37/h3-10,22,27H,11-12H2,1-2H3,(H,31,32)/p+1/t22-,24-/m0/s1. The number of ether oxygens (including phenoxy) is 1. The highest BCUT2D eigenvalue weighted by atomic mass is 32.2. The maximum absolute atomic E-state index is 13.8. The summed E-state index contributed by atoms with van der Waals surface area (Å²) in [4.78, 5) is 48.8. The van der Waals surface area contributed by atoms with E-state index in [1.54, 1.807) is 24.3 Å². The summed E-state index contributed by atoms with van der Waals surface area (Å²) < 4.78 is 6.49. The summed E-state index contributed by atoms with van der Waals surface area (Å²) in [6, 6.07) is 11.6. The number of hydrogen-bond donors (Lipinski definition) is 2. The first-order chi connectivity index (χ1) is 20.1. The van der Waals surface area contributed by atoms with Crippen molar-refractivity contribution in [1.29, 1.82) is 0 Å². The third kappa shape index (κ3) is 5.50. The number of fused-ring (bicyclic) bond motifs is 1. The van der Waals surface area contributed by atoms with Crippen LogP contribution in [-0.2, 0) is 14.3 Å². The summed E-state index contributed by atoms with van der Waals surface area (Å²) in [6.45, 7) is 1.82. The Kier molecular flexibility index (Phi) is 8.59. The lowest BCUT2D eigenvalue weighted by Crippen LogP contribution is -2.79. The van der Waals surface area contributed by atoms with Crippen molar-refractivity contribution >= 4 is 76.8 Å². The predicted molar refractivity (Wildman–Crippen MR) is 160 cm³/mol. The van der Waals surface area contributed by atoms with Crippen LogP contribution in [0.2, 0.25) is 0 Å². The van der Waals surface area contributed by atoms with Gasteiger partial charge in [-0.05, 0) is 36.8 Å². The molecule has 0 saturated carbocycles. The fraction of sp³-hybridized carbons (Fsp3) is 0.250. The van der Waals surface area contributed by atoms with E-state index in [2.05, 4.69) is 15.3 Å². The highest BCUT2D eigenvalue weighted by Crippen LogP contribution is 2.50. The van der Waals surface area contributed by atoms with Gasteiger partial charge in [-0.1, -0.05) is 23.1 Å². The molecule has 1 fully saturated rings. The molecule has 2 atom stereocenters. The number of aryl methyl sites for hydroxylation is 1. The zero-order valence-corrected chi connectivity index (χ0v) is 25.3. The number of benzene rings is 2. The topological polar surface area (TPSA) is 191 Å². The van der Waals surface area contributed by atoms with Gasteiger partial charge in [0.2, 0.25) is 0 Å². The average Bonchev–Trinajstić information content (AvgIpc) is 3.41. The molecule has 1 amide bonds. The molecule has 0 aliphatic carbocycles. The molecule has 14 nitrogen and oxygen atoms in total. The Morgan fingerprint density at radius 1 is 1.14 bits per heavy atom. The van der Waals surface area contributed by atoms with Crippen LogP contribution >= 0.6 is 42.9 Å². The second-order valence-electron chi connectivity index (χ2n) is 9.02. The molecule has 0 bridgehead atoms. The van der Waals surface area contributed by atoms with Gasteiger partial charge >= 0.3 is 5.97 Å². The Balaban J connectivity index is 1.47. The van der Waals surface area contributed by atoms with Crippen LogP contribution in [-0.4, -0.2) is 71.6 Å². The number of nitrogens with one attached hydrogen (secondary N) is 1. The van der Waals surface area contributed by atoms with Crippen molar-refractivity contribution in [3.8, 4) is 0 Å². The molecule has 0 radical (unpaired) electrons. The fourth-order valence-corrected chi connectivity index (χ4v) is 10.4. The highest BCUT2D eigenvalue weighted by molar-refractivity contribution is 8.01. The Hall–Kier alpha value is -3.47. The fourth-order valence-electron chi connectivity index (χ4n) is 4.54. The lowest BCUT2D eigenvalue weighted by molar-refractivity contribution is -0.385. The number of aromatic nitrogens is 2. The second kappa shape index (κ2) is 12.0. The molecule has 3 heterocycles.